The van der Waals surface area contributed by atoms with Crippen LogP contribution in [-0.4, -0.2) is 87.9 Å². The summed E-state index contributed by atoms with van der Waals surface area (Å²) in [6, 6.07) is 8.24. The van der Waals surface area contributed by atoms with Crippen molar-refractivity contribution in [3.05, 3.63) is 29.8 Å². The average molecular weight is 347 g/mol. The van der Waals surface area contributed by atoms with Crippen LogP contribution in [0, 0.1) is 0 Å². The van der Waals surface area contributed by atoms with Crippen LogP contribution < -0.4 is 4.90 Å². The molecule has 0 saturated carbocycles. The molecule has 3 rings (SSSR count). The van der Waals surface area contributed by atoms with Crippen molar-refractivity contribution in [2.75, 3.05) is 71.0 Å². The Morgan fingerprint density at radius 3 is 2.48 bits per heavy atom. The number of hydrogen-bond donors (Lipinski definition) is 0. The molecule has 1 atom stereocenters. The van der Waals surface area contributed by atoms with Crippen molar-refractivity contribution < 1.29 is 14.3 Å². The molecule has 1 aromatic rings. The molecule has 138 valence electrons. The van der Waals surface area contributed by atoms with Gasteiger partial charge in [0, 0.05) is 57.5 Å². The maximum Gasteiger partial charge on any atom is 0.337 e. The topological polar surface area (TPSA) is 45.2 Å². The fourth-order valence-corrected chi connectivity index (χ4v) is 3.58. The molecule has 0 aromatic heterocycles. The van der Waals surface area contributed by atoms with Crippen molar-refractivity contribution in [1.29, 1.82) is 0 Å². The highest BCUT2D eigenvalue weighted by Gasteiger charge is 2.24. The highest BCUT2D eigenvalue weighted by molar-refractivity contribution is 5.89. The van der Waals surface area contributed by atoms with Crippen LogP contribution in [0.3, 0.4) is 0 Å². The zero-order valence-corrected chi connectivity index (χ0v) is 15.3. The highest BCUT2D eigenvalue weighted by atomic mass is 16.5. The summed E-state index contributed by atoms with van der Waals surface area (Å²) in [7, 11) is 1.41. The summed E-state index contributed by atoms with van der Waals surface area (Å²) < 4.78 is 10.2. The van der Waals surface area contributed by atoms with Crippen LogP contribution in [0.2, 0.25) is 0 Å². The van der Waals surface area contributed by atoms with Crippen molar-refractivity contribution in [2.24, 2.45) is 0 Å². The highest BCUT2D eigenvalue weighted by Crippen LogP contribution is 2.20. The number of benzene rings is 1. The number of ether oxygens (including phenoxy) is 2. The maximum absolute atomic E-state index is 11.5. The van der Waals surface area contributed by atoms with Gasteiger partial charge in [0.1, 0.15) is 0 Å². The number of piperazine rings is 1. The van der Waals surface area contributed by atoms with E-state index in [0.717, 1.165) is 59.0 Å². The molecule has 2 aliphatic heterocycles. The quantitative estimate of drug-likeness (QED) is 0.749. The molecule has 6 heteroatoms. The number of hydrogen-bond acceptors (Lipinski definition) is 6. The van der Waals surface area contributed by atoms with E-state index in [0.29, 0.717) is 11.6 Å². The van der Waals surface area contributed by atoms with Gasteiger partial charge in [-0.3, -0.25) is 9.80 Å². The summed E-state index contributed by atoms with van der Waals surface area (Å²) in [6.07, 6.45) is 0. The van der Waals surface area contributed by atoms with Crippen LogP contribution in [0.1, 0.15) is 17.3 Å². The number of carbonyl (C=O) groups is 1. The maximum atomic E-state index is 11.5. The van der Waals surface area contributed by atoms with E-state index in [4.69, 9.17) is 9.47 Å². The van der Waals surface area contributed by atoms with E-state index in [1.165, 1.54) is 12.8 Å². The van der Waals surface area contributed by atoms with Gasteiger partial charge in [-0.25, -0.2) is 4.79 Å². The number of rotatable bonds is 5. The summed E-state index contributed by atoms with van der Waals surface area (Å²) in [5, 5.41) is 0. The van der Waals surface area contributed by atoms with E-state index in [1.54, 1.807) is 0 Å². The van der Waals surface area contributed by atoms with Gasteiger partial charge in [-0.05, 0) is 31.2 Å². The van der Waals surface area contributed by atoms with Gasteiger partial charge in [0.25, 0.3) is 0 Å². The van der Waals surface area contributed by atoms with Crippen molar-refractivity contribution in [3.63, 3.8) is 0 Å². The third-order valence-corrected chi connectivity index (χ3v) is 5.23. The average Bonchev–Trinajstić information content (AvgIpc) is 2.67. The Labute approximate surface area is 150 Å². The Kier molecular flexibility index (Phi) is 6.29. The molecule has 0 spiro atoms. The molecule has 0 aliphatic carbocycles. The molecule has 2 saturated heterocycles. The fourth-order valence-electron chi connectivity index (χ4n) is 3.58. The molecule has 2 aliphatic rings. The van der Waals surface area contributed by atoms with Gasteiger partial charge >= 0.3 is 5.97 Å². The molecule has 25 heavy (non-hydrogen) atoms. The molecule has 0 amide bonds. The Morgan fingerprint density at radius 2 is 1.84 bits per heavy atom. The first kappa shape index (κ1) is 18.2. The smallest absolute Gasteiger partial charge is 0.337 e. The summed E-state index contributed by atoms with van der Waals surface area (Å²) in [6.45, 7) is 11.5. The Balaban J connectivity index is 1.49. The van der Waals surface area contributed by atoms with Crippen molar-refractivity contribution in [2.45, 2.75) is 13.0 Å². The number of methoxy groups -OCH3 is 1. The second kappa shape index (κ2) is 8.65. The Bertz CT molecular complexity index is 558. The number of anilines is 1. The first-order valence-electron chi connectivity index (χ1n) is 9.15. The summed E-state index contributed by atoms with van der Waals surface area (Å²) in [4.78, 5) is 19.0. The van der Waals surface area contributed by atoms with Gasteiger partial charge in [-0.2, -0.15) is 0 Å². The van der Waals surface area contributed by atoms with Crippen LogP contribution in [0.4, 0.5) is 5.69 Å². The second-order valence-electron chi connectivity index (χ2n) is 6.82. The summed E-state index contributed by atoms with van der Waals surface area (Å²) >= 11 is 0. The minimum atomic E-state index is -0.284. The molecule has 2 fully saturated rings. The molecular formula is C19H29N3O3. The standard InChI is InChI=1S/C19H29N3O3/c1-16-15-22(18-5-3-17(4-6-18)19(23)24-2)10-9-21(16)8-7-20-11-13-25-14-12-20/h3-6,16H,7-15H2,1-2H3. The van der Waals surface area contributed by atoms with E-state index in [1.807, 2.05) is 24.3 Å². The first-order chi connectivity index (χ1) is 12.2. The lowest BCUT2D eigenvalue weighted by molar-refractivity contribution is 0.0306. The van der Waals surface area contributed by atoms with E-state index < -0.39 is 0 Å². The molecule has 0 radical (unpaired) electrons. The van der Waals surface area contributed by atoms with E-state index in [9.17, 15) is 4.79 Å². The predicted octanol–water partition coefficient (Wildman–Crippen LogP) is 1.32. The van der Waals surface area contributed by atoms with Gasteiger partial charge in [0.2, 0.25) is 0 Å². The predicted molar refractivity (Wildman–Crippen MR) is 98.3 cm³/mol. The molecule has 6 nitrogen and oxygen atoms in total. The molecule has 0 N–H and O–H groups in total. The summed E-state index contributed by atoms with van der Waals surface area (Å²) in [5.74, 6) is -0.284. The van der Waals surface area contributed by atoms with Gasteiger partial charge in [-0.1, -0.05) is 0 Å². The lowest BCUT2D eigenvalue weighted by atomic mass is 10.1. The van der Waals surface area contributed by atoms with Gasteiger partial charge in [0.15, 0.2) is 0 Å². The van der Waals surface area contributed by atoms with Crippen molar-refractivity contribution in [3.8, 4) is 0 Å². The largest absolute Gasteiger partial charge is 0.465 e. The van der Waals surface area contributed by atoms with Crippen LogP contribution in [0.5, 0.6) is 0 Å². The Morgan fingerprint density at radius 1 is 1.12 bits per heavy atom. The lowest BCUT2D eigenvalue weighted by Gasteiger charge is -2.42. The zero-order valence-electron chi connectivity index (χ0n) is 15.3. The number of morpholine rings is 1. The second-order valence-corrected chi connectivity index (χ2v) is 6.82. The van der Waals surface area contributed by atoms with Gasteiger partial charge in [-0.15, -0.1) is 0 Å². The number of nitrogens with zero attached hydrogens (tertiary/aromatic N) is 3. The molecular weight excluding hydrogens is 318 g/mol. The minimum absolute atomic E-state index is 0.284. The number of esters is 1. The zero-order chi connectivity index (χ0) is 17.6. The first-order valence-corrected chi connectivity index (χ1v) is 9.15. The fraction of sp³-hybridized carbons (Fsp3) is 0.632. The summed E-state index contributed by atoms with van der Waals surface area (Å²) in [5.41, 5.74) is 1.77. The van der Waals surface area contributed by atoms with E-state index >= 15 is 0 Å². The Hall–Kier alpha value is -1.63. The minimum Gasteiger partial charge on any atom is -0.465 e. The van der Waals surface area contributed by atoms with Crippen LogP contribution in [0.25, 0.3) is 0 Å². The van der Waals surface area contributed by atoms with Gasteiger partial charge < -0.3 is 14.4 Å². The number of carbonyl (C=O) groups excluding carboxylic acids is 1. The normalized spacial score (nSPS) is 22.8. The van der Waals surface area contributed by atoms with Crippen LogP contribution in [0.15, 0.2) is 24.3 Å². The van der Waals surface area contributed by atoms with Crippen LogP contribution >= 0.6 is 0 Å². The van der Waals surface area contributed by atoms with Crippen molar-refractivity contribution in [1.82, 2.24) is 9.80 Å². The van der Waals surface area contributed by atoms with Crippen LogP contribution in [-0.2, 0) is 9.47 Å². The van der Waals surface area contributed by atoms with Crippen molar-refractivity contribution >= 4 is 11.7 Å². The molecule has 1 unspecified atom stereocenters. The monoisotopic (exact) mass is 347 g/mol. The van der Waals surface area contributed by atoms with E-state index in [-0.39, 0.29) is 5.97 Å². The molecule has 1 aromatic carbocycles. The SMILES string of the molecule is COC(=O)c1ccc(N2CCN(CCN3CCOCC3)C(C)C2)cc1. The lowest BCUT2D eigenvalue weighted by Crippen LogP contribution is -2.54. The van der Waals surface area contributed by atoms with Gasteiger partial charge in [0.05, 0.1) is 25.9 Å². The molecule has 2 heterocycles. The van der Waals surface area contributed by atoms with E-state index in [2.05, 4.69) is 21.6 Å². The third kappa shape index (κ3) is 4.71. The third-order valence-electron chi connectivity index (χ3n) is 5.23. The molecule has 0 bridgehead atoms.